The Balaban J connectivity index is 2.44. The van der Waals surface area contributed by atoms with Crippen molar-refractivity contribution in [3.05, 3.63) is 17.7 Å². The minimum absolute atomic E-state index is 0.109. The Labute approximate surface area is 98.9 Å². The van der Waals surface area contributed by atoms with Gasteiger partial charge in [-0.05, 0) is 13.3 Å². The number of imidazole rings is 1. The van der Waals surface area contributed by atoms with E-state index in [1.54, 1.807) is 4.57 Å². The molecule has 0 aliphatic carbocycles. The molecule has 90 valence electrons. The molecule has 0 radical (unpaired) electrons. The molecule has 2 aromatic heterocycles. The number of aromatic nitrogens is 5. The molecule has 0 unspecified atom stereocenters. The van der Waals surface area contributed by atoms with Gasteiger partial charge in [0.25, 0.3) is 0 Å². The average molecular weight is 233 g/mol. The predicted molar refractivity (Wildman–Crippen MR) is 64.5 cm³/mol. The molecule has 0 aliphatic rings. The van der Waals surface area contributed by atoms with Gasteiger partial charge in [-0.15, -0.1) is 0 Å². The van der Waals surface area contributed by atoms with Gasteiger partial charge in [-0.25, -0.2) is 4.98 Å². The number of hydrogen-bond donors (Lipinski definition) is 2. The molecule has 0 saturated heterocycles. The normalized spacial score (nSPS) is 10.7. The highest BCUT2D eigenvalue weighted by molar-refractivity contribution is 5.32. The molecule has 0 aromatic carbocycles. The molecule has 2 rings (SSSR count). The lowest BCUT2D eigenvalue weighted by molar-refractivity contribution is 0.872. The number of nitrogen functional groups attached to an aromatic ring is 2. The van der Waals surface area contributed by atoms with E-state index in [1.165, 1.54) is 0 Å². The summed E-state index contributed by atoms with van der Waals surface area (Å²) in [6, 6.07) is 0. The Bertz CT molecular complexity index is 511. The minimum atomic E-state index is 0.109. The molecular formula is C10H15N7. The molecule has 7 heteroatoms. The fourth-order valence-electron chi connectivity index (χ4n) is 1.62. The van der Waals surface area contributed by atoms with Crippen LogP contribution in [0.25, 0.3) is 5.95 Å². The molecule has 0 atom stereocenters. The van der Waals surface area contributed by atoms with E-state index >= 15 is 0 Å². The third-order valence-electron chi connectivity index (χ3n) is 2.31. The summed E-state index contributed by atoms with van der Waals surface area (Å²) in [6.07, 6.45) is 3.86. The highest BCUT2D eigenvalue weighted by Crippen LogP contribution is 2.11. The summed E-state index contributed by atoms with van der Waals surface area (Å²) in [5.41, 5.74) is 12.1. The predicted octanol–water partition coefficient (Wildman–Crippen LogP) is 0.483. The van der Waals surface area contributed by atoms with E-state index in [0.717, 1.165) is 24.4 Å². The first-order valence-corrected chi connectivity index (χ1v) is 5.42. The van der Waals surface area contributed by atoms with Gasteiger partial charge in [0.05, 0.1) is 5.69 Å². The maximum absolute atomic E-state index is 5.54. The highest BCUT2D eigenvalue weighted by Gasteiger charge is 2.09. The number of nitrogens with two attached hydrogens (primary N) is 2. The quantitative estimate of drug-likeness (QED) is 0.798. The van der Waals surface area contributed by atoms with Crippen LogP contribution in [0.3, 0.4) is 0 Å². The fourth-order valence-corrected chi connectivity index (χ4v) is 1.62. The lowest BCUT2D eigenvalue weighted by atomic mass is 10.3. The summed E-state index contributed by atoms with van der Waals surface area (Å²) < 4.78 is 1.76. The van der Waals surface area contributed by atoms with E-state index in [2.05, 4.69) is 26.9 Å². The van der Waals surface area contributed by atoms with E-state index in [1.807, 2.05) is 13.1 Å². The van der Waals surface area contributed by atoms with Crippen LogP contribution in [-0.4, -0.2) is 24.5 Å². The first-order chi connectivity index (χ1) is 8.10. The van der Waals surface area contributed by atoms with Crippen molar-refractivity contribution in [2.75, 3.05) is 11.5 Å². The van der Waals surface area contributed by atoms with Crippen LogP contribution in [0.5, 0.6) is 0 Å². The summed E-state index contributed by atoms with van der Waals surface area (Å²) >= 11 is 0. The van der Waals surface area contributed by atoms with Gasteiger partial charge in [-0.2, -0.15) is 15.0 Å². The molecule has 4 N–H and O–H groups in total. The second kappa shape index (κ2) is 4.36. The Kier molecular flexibility index (Phi) is 2.90. The second-order valence-corrected chi connectivity index (χ2v) is 3.75. The topological polar surface area (TPSA) is 109 Å². The van der Waals surface area contributed by atoms with Gasteiger partial charge in [-0.1, -0.05) is 13.3 Å². The van der Waals surface area contributed by atoms with Gasteiger partial charge in [0.2, 0.25) is 17.8 Å². The monoisotopic (exact) mass is 233 g/mol. The molecule has 0 aliphatic heterocycles. The second-order valence-electron chi connectivity index (χ2n) is 3.75. The molecule has 2 aromatic rings. The molecular weight excluding hydrogens is 218 g/mol. The largest absolute Gasteiger partial charge is 0.368 e. The number of anilines is 2. The molecule has 0 spiro atoms. The summed E-state index contributed by atoms with van der Waals surface area (Å²) in [5, 5.41) is 0. The maximum Gasteiger partial charge on any atom is 0.241 e. The fraction of sp³-hybridized carbons (Fsp3) is 0.400. The van der Waals surface area contributed by atoms with Crippen LogP contribution in [0, 0.1) is 6.92 Å². The van der Waals surface area contributed by atoms with Crippen LogP contribution in [0.4, 0.5) is 11.9 Å². The number of rotatable bonds is 3. The average Bonchev–Trinajstić information content (AvgIpc) is 2.58. The smallest absolute Gasteiger partial charge is 0.241 e. The van der Waals surface area contributed by atoms with Crippen molar-refractivity contribution >= 4 is 11.9 Å². The van der Waals surface area contributed by atoms with Gasteiger partial charge in [0.15, 0.2) is 0 Å². The van der Waals surface area contributed by atoms with Crippen LogP contribution in [0.2, 0.25) is 0 Å². The van der Waals surface area contributed by atoms with E-state index in [4.69, 9.17) is 11.5 Å². The van der Waals surface area contributed by atoms with E-state index in [-0.39, 0.29) is 11.9 Å². The van der Waals surface area contributed by atoms with E-state index < -0.39 is 0 Å². The van der Waals surface area contributed by atoms with Gasteiger partial charge >= 0.3 is 0 Å². The molecule has 0 amide bonds. The van der Waals surface area contributed by atoms with Crippen LogP contribution in [0.1, 0.15) is 24.9 Å². The van der Waals surface area contributed by atoms with Crippen LogP contribution in [-0.2, 0) is 6.42 Å². The molecule has 0 bridgehead atoms. The van der Waals surface area contributed by atoms with Crippen LogP contribution in [0.15, 0.2) is 6.20 Å². The Morgan fingerprint density at radius 2 is 1.76 bits per heavy atom. The molecule has 0 saturated carbocycles. The molecule has 2 heterocycles. The Hall–Kier alpha value is -2.18. The third kappa shape index (κ3) is 2.32. The summed E-state index contributed by atoms with van der Waals surface area (Å²) in [5.74, 6) is 1.43. The summed E-state index contributed by atoms with van der Waals surface area (Å²) in [4.78, 5) is 16.2. The van der Waals surface area contributed by atoms with Crippen molar-refractivity contribution < 1.29 is 0 Å². The van der Waals surface area contributed by atoms with Crippen molar-refractivity contribution in [3.63, 3.8) is 0 Å². The number of hydrogen-bond acceptors (Lipinski definition) is 6. The van der Waals surface area contributed by atoms with Crippen LogP contribution < -0.4 is 11.5 Å². The maximum atomic E-state index is 5.54. The highest BCUT2D eigenvalue weighted by atomic mass is 15.3. The molecule has 7 nitrogen and oxygen atoms in total. The number of nitrogens with zero attached hydrogens (tertiary/aromatic N) is 5. The van der Waals surface area contributed by atoms with Gasteiger partial charge in [0.1, 0.15) is 5.82 Å². The van der Waals surface area contributed by atoms with Crippen LogP contribution >= 0.6 is 0 Å². The minimum Gasteiger partial charge on any atom is -0.368 e. The summed E-state index contributed by atoms with van der Waals surface area (Å²) in [7, 11) is 0. The van der Waals surface area contributed by atoms with Crippen molar-refractivity contribution in [3.8, 4) is 5.95 Å². The SMILES string of the molecule is CCCc1cn(-c2nc(N)nc(N)n2)c(C)n1. The Morgan fingerprint density at radius 1 is 1.12 bits per heavy atom. The van der Waals surface area contributed by atoms with Gasteiger partial charge in [0, 0.05) is 6.20 Å². The number of aryl methyl sites for hydroxylation is 2. The first kappa shape index (κ1) is 11.3. The van der Waals surface area contributed by atoms with E-state index in [9.17, 15) is 0 Å². The summed E-state index contributed by atoms with van der Waals surface area (Å²) in [6.45, 7) is 3.99. The van der Waals surface area contributed by atoms with Gasteiger partial charge in [-0.3, -0.25) is 4.57 Å². The lowest BCUT2D eigenvalue weighted by Crippen LogP contribution is -2.09. The lowest BCUT2D eigenvalue weighted by Gasteiger charge is -2.03. The Morgan fingerprint density at radius 3 is 2.35 bits per heavy atom. The van der Waals surface area contributed by atoms with Crippen molar-refractivity contribution in [1.82, 2.24) is 24.5 Å². The van der Waals surface area contributed by atoms with Gasteiger partial charge < -0.3 is 11.5 Å². The van der Waals surface area contributed by atoms with Crippen molar-refractivity contribution in [2.24, 2.45) is 0 Å². The molecule has 0 fully saturated rings. The van der Waals surface area contributed by atoms with Crippen molar-refractivity contribution in [2.45, 2.75) is 26.7 Å². The first-order valence-electron chi connectivity index (χ1n) is 5.42. The molecule has 17 heavy (non-hydrogen) atoms. The zero-order chi connectivity index (χ0) is 12.4. The standard InChI is InChI=1S/C10H15N7/c1-3-4-7-5-17(6(2)13-7)10-15-8(11)14-9(12)16-10/h5H,3-4H2,1-2H3,(H4,11,12,14,15,16). The zero-order valence-corrected chi connectivity index (χ0v) is 9.88. The zero-order valence-electron chi connectivity index (χ0n) is 9.88. The third-order valence-corrected chi connectivity index (χ3v) is 2.31. The van der Waals surface area contributed by atoms with E-state index in [0.29, 0.717) is 5.95 Å². The van der Waals surface area contributed by atoms with Crippen molar-refractivity contribution in [1.29, 1.82) is 0 Å².